The van der Waals surface area contributed by atoms with E-state index in [1.807, 2.05) is 42.5 Å². The Hall–Kier alpha value is -1.65. The molecule has 0 radical (unpaired) electrons. The molecule has 2 rings (SSSR count). The fourth-order valence-corrected chi connectivity index (χ4v) is 3.01. The smallest absolute Gasteiger partial charge is 0.215 e. The second-order valence-electron chi connectivity index (χ2n) is 5.54. The summed E-state index contributed by atoms with van der Waals surface area (Å²) >= 11 is 0. The highest BCUT2D eigenvalue weighted by Gasteiger charge is 2.08. The lowest BCUT2D eigenvalue weighted by Gasteiger charge is -2.12. The summed E-state index contributed by atoms with van der Waals surface area (Å²) in [6, 6.07) is 17.6. The number of rotatable bonds is 7. The van der Waals surface area contributed by atoms with E-state index < -0.39 is 10.0 Å². The molecule has 0 heterocycles. The minimum absolute atomic E-state index is 0. The van der Waals surface area contributed by atoms with Gasteiger partial charge in [0.15, 0.2) is 5.96 Å². The van der Waals surface area contributed by atoms with Crippen LogP contribution in [0, 0.1) is 0 Å². The van der Waals surface area contributed by atoms with Gasteiger partial charge in [0.05, 0.1) is 5.75 Å². The average Bonchev–Trinajstić information content (AvgIpc) is 2.64. The molecule has 0 bridgehead atoms. The van der Waals surface area contributed by atoms with E-state index in [-0.39, 0.29) is 29.7 Å². The van der Waals surface area contributed by atoms with E-state index in [0.717, 1.165) is 11.1 Å². The van der Waals surface area contributed by atoms with Gasteiger partial charge in [0.2, 0.25) is 10.0 Å². The van der Waals surface area contributed by atoms with E-state index in [2.05, 4.69) is 32.5 Å². The zero-order valence-corrected chi connectivity index (χ0v) is 18.0. The van der Waals surface area contributed by atoms with Crippen LogP contribution >= 0.6 is 24.0 Å². The van der Waals surface area contributed by atoms with Crippen LogP contribution in [0.5, 0.6) is 0 Å². The van der Waals surface area contributed by atoms with Crippen molar-refractivity contribution in [3.8, 4) is 0 Å². The predicted octanol–water partition coefficient (Wildman–Crippen LogP) is 2.22. The molecule has 0 aliphatic heterocycles. The molecule has 0 saturated heterocycles. The number of nitrogens with one attached hydrogen (secondary N) is 3. The lowest BCUT2D eigenvalue weighted by atomic mass is 10.1. The van der Waals surface area contributed by atoms with Crippen molar-refractivity contribution in [2.24, 2.45) is 4.99 Å². The summed E-state index contributed by atoms with van der Waals surface area (Å²) in [6.07, 6.45) is 0. The monoisotopic (exact) mass is 488 g/mol. The molecule has 0 unspecified atom stereocenters. The molecular formula is C18H25IN4O2S. The number of hydrogen-bond acceptors (Lipinski definition) is 3. The number of benzene rings is 2. The molecule has 8 heteroatoms. The van der Waals surface area contributed by atoms with Gasteiger partial charge in [-0.3, -0.25) is 4.99 Å². The van der Waals surface area contributed by atoms with Gasteiger partial charge in [-0.05, 0) is 23.7 Å². The summed E-state index contributed by atoms with van der Waals surface area (Å²) in [4.78, 5) is 4.20. The van der Waals surface area contributed by atoms with Crippen molar-refractivity contribution in [1.29, 1.82) is 0 Å². The summed E-state index contributed by atoms with van der Waals surface area (Å²) in [7, 11) is -0.0970. The summed E-state index contributed by atoms with van der Waals surface area (Å²) in [5.41, 5.74) is 2.98. The van der Waals surface area contributed by atoms with Crippen LogP contribution in [0.1, 0.15) is 16.7 Å². The highest BCUT2D eigenvalue weighted by molar-refractivity contribution is 14.0. The first-order valence-electron chi connectivity index (χ1n) is 8.00. The first-order chi connectivity index (χ1) is 12.0. The van der Waals surface area contributed by atoms with Gasteiger partial charge < -0.3 is 10.6 Å². The maximum atomic E-state index is 11.5. The Morgan fingerprint density at radius 1 is 0.885 bits per heavy atom. The third-order valence-corrected chi connectivity index (χ3v) is 5.01. The molecule has 3 N–H and O–H groups in total. The molecular weight excluding hydrogens is 463 g/mol. The van der Waals surface area contributed by atoms with Gasteiger partial charge in [-0.2, -0.15) is 0 Å². The Morgan fingerprint density at radius 2 is 1.38 bits per heavy atom. The van der Waals surface area contributed by atoms with Crippen LogP contribution in [0.25, 0.3) is 0 Å². The van der Waals surface area contributed by atoms with E-state index >= 15 is 0 Å². The van der Waals surface area contributed by atoms with E-state index in [4.69, 9.17) is 0 Å². The Bertz CT molecular complexity index is 794. The van der Waals surface area contributed by atoms with E-state index in [1.165, 1.54) is 12.6 Å². The zero-order chi connectivity index (χ0) is 18.1. The minimum Gasteiger partial charge on any atom is -0.352 e. The number of sulfonamides is 1. The molecule has 0 fully saturated rings. The molecule has 0 aliphatic carbocycles. The molecule has 0 atom stereocenters. The van der Waals surface area contributed by atoms with E-state index in [0.29, 0.717) is 19.0 Å². The van der Waals surface area contributed by atoms with Crippen molar-refractivity contribution in [3.05, 3.63) is 71.3 Å². The maximum absolute atomic E-state index is 11.5. The SMILES string of the molecule is CN=C(NCc1ccccc1)NCc1ccc(CS(=O)(=O)NC)cc1.I. The number of aliphatic imine (C=N–C) groups is 1. The van der Waals surface area contributed by atoms with Gasteiger partial charge in [-0.1, -0.05) is 54.6 Å². The lowest BCUT2D eigenvalue weighted by Crippen LogP contribution is -2.36. The Labute approximate surface area is 172 Å². The number of guanidine groups is 1. The molecule has 26 heavy (non-hydrogen) atoms. The minimum atomic E-state index is -3.24. The van der Waals surface area contributed by atoms with Crippen molar-refractivity contribution < 1.29 is 8.42 Å². The van der Waals surface area contributed by atoms with Gasteiger partial charge in [0.1, 0.15) is 0 Å². The molecule has 0 amide bonds. The van der Waals surface area contributed by atoms with Gasteiger partial charge >= 0.3 is 0 Å². The molecule has 2 aromatic carbocycles. The first-order valence-corrected chi connectivity index (χ1v) is 9.65. The third kappa shape index (κ3) is 7.71. The molecule has 0 aromatic heterocycles. The van der Waals surface area contributed by atoms with Crippen molar-refractivity contribution in [3.63, 3.8) is 0 Å². The van der Waals surface area contributed by atoms with Crippen LogP contribution in [-0.2, 0) is 28.9 Å². The van der Waals surface area contributed by atoms with Crippen LogP contribution < -0.4 is 15.4 Å². The first kappa shape index (κ1) is 22.4. The lowest BCUT2D eigenvalue weighted by molar-refractivity contribution is 0.587. The normalized spacial score (nSPS) is 11.5. The summed E-state index contributed by atoms with van der Waals surface area (Å²) < 4.78 is 25.4. The summed E-state index contributed by atoms with van der Waals surface area (Å²) in [6.45, 7) is 1.30. The molecule has 2 aromatic rings. The topological polar surface area (TPSA) is 82.6 Å². The van der Waals surface area contributed by atoms with Crippen molar-refractivity contribution >= 4 is 40.0 Å². The van der Waals surface area contributed by atoms with Crippen molar-refractivity contribution in [1.82, 2.24) is 15.4 Å². The van der Waals surface area contributed by atoms with Gasteiger partial charge in [-0.25, -0.2) is 13.1 Å². The van der Waals surface area contributed by atoms with Crippen molar-refractivity contribution in [2.45, 2.75) is 18.8 Å². The maximum Gasteiger partial charge on any atom is 0.215 e. The van der Waals surface area contributed by atoms with Crippen LogP contribution in [0.2, 0.25) is 0 Å². The Kier molecular flexibility index (Phi) is 9.60. The van der Waals surface area contributed by atoms with Crippen LogP contribution in [0.15, 0.2) is 59.6 Å². The zero-order valence-electron chi connectivity index (χ0n) is 14.9. The predicted molar refractivity (Wildman–Crippen MR) is 117 cm³/mol. The second kappa shape index (κ2) is 11.1. The second-order valence-corrected chi connectivity index (χ2v) is 7.47. The molecule has 0 saturated carbocycles. The van der Waals surface area contributed by atoms with Crippen LogP contribution in [-0.4, -0.2) is 28.5 Å². The molecule has 0 spiro atoms. The number of hydrogen-bond donors (Lipinski definition) is 3. The average molecular weight is 488 g/mol. The quantitative estimate of drug-likeness (QED) is 0.317. The highest BCUT2D eigenvalue weighted by Crippen LogP contribution is 2.07. The Morgan fingerprint density at radius 3 is 1.88 bits per heavy atom. The van der Waals surface area contributed by atoms with Crippen molar-refractivity contribution in [2.75, 3.05) is 14.1 Å². The molecule has 6 nitrogen and oxygen atoms in total. The number of halogens is 1. The van der Waals surface area contributed by atoms with Crippen LogP contribution in [0.4, 0.5) is 0 Å². The standard InChI is InChI=1S/C18H24N4O2S.HI/c1-19-18(21-12-15-6-4-3-5-7-15)22-13-16-8-10-17(11-9-16)14-25(23,24)20-2;/h3-11,20H,12-14H2,1-2H3,(H2,19,21,22);1H. The fraction of sp³-hybridized carbons (Fsp3) is 0.278. The van der Waals surface area contributed by atoms with E-state index in [1.54, 1.807) is 7.05 Å². The summed E-state index contributed by atoms with van der Waals surface area (Å²) in [5.74, 6) is 0.697. The largest absolute Gasteiger partial charge is 0.352 e. The number of nitrogens with zero attached hydrogens (tertiary/aromatic N) is 1. The van der Waals surface area contributed by atoms with Gasteiger partial charge in [-0.15, -0.1) is 24.0 Å². The fourth-order valence-electron chi connectivity index (χ4n) is 2.23. The van der Waals surface area contributed by atoms with Gasteiger partial charge in [0.25, 0.3) is 0 Å². The van der Waals surface area contributed by atoms with Gasteiger partial charge in [0, 0.05) is 20.1 Å². The van der Waals surface area contributed by atoms with Crippen LogP contribution in [0.3, 0.4) is 0 Å². The molecule has 0 aliphatic rings. The molecule has 142 valence electrons. The highest BCUT2D eigenvalue weighted by atomic mass is 127. The summed E-state index contributed by atoms with van der Waals surface area (Å²) in [5, 5.41) is 6.50. The Balaban J connectivity index is 0.00000338. The third-order valence-electron chi connectivity index (χ3n) is 3.68. The van der Waals surface area contributed by atoms with E-state index in [9.17, 15) is 8.42 Å².